The Labute approximate surface area is 84.3 Å². The van der Waals surface area contributed by atoms with Crippen molar-refractivity contribution in [3.63, 3.8) is 0 Å². The minimum Gasteiger partial charge on any atom is -0.330 e. The number of nitriles is 1. The highest BCUT2D eigenvalue weighted by atomic mass is 19.4. The van der Waals surface area contributed by atoms with Gasteiger partial charge < -0.3 is 5.73 Å². The van der Waals surface area contributed by atoms with Crippen molar-refractivity contribution in [1.29, 1.82) is 5.26 Å². The van der Waals surface area contributed by atoms with Crippen LogP contribution in [0.4, 0.5) is 13.2 Å². The molecule has 2 N–H and O–H groups in total. The van der Waals surface area contributed by atoms with Crippen LogP contribution >= 0.6 is 0 Å². The lowest BCUT2D eigenvalue weighted by atomic mass is 10.1. The predicted octanol–water partition coefficient (Wildman–Crippen LogP) is 1.47. The first-order valence-electron chi connectivity index (χ1n) is 4.15. The van der Waals surface area contributed by atoms with E-state index < -0.39 is 11.9 Å². The number of aromatic nitrogens is 1. The SMILES string of the molecule is N#Cc1cc(CCN)nc(C(F)(F)F)c1. The lowest BCUT2D eigenvalue weighted by Gasteiger charge is -2.07. The van der Waals surface area contributed by atoms with Gasteiger partial charge in [-0.25, -0.2) is 4.98 Å². The Bertz CT molecular complexity index is 393. The zero-order valence-corrected chi connectivity index (χ0v) is 7.67. The number of nitrogens with two attached hydrogens (primary N) is 1. The Kier molecular flexibility index (Phi) is 3.27. The topological polar surface area (TPSA) is 62.7 Å². The van der Waals surface area contributed by atoms with E-state index in [9.17, 15) is 13.2 Å². The molecule has 0 unspecified atom stereocenters. The van der Waals surface area contributed by atoms with E-state index >= 15 is 0 Å². The van der Waals surface area contributed by atoms with Crippen molar-refractivity contribution >= 4 is 0 Å². The Morgan fingerprint density at radius 1 is 1.40 bits per heavy atom. The Morgan fingerprint density at radius 2 is 2.07 bits per heavy atom. The number of rotatable bonds is 2. The van der Waals surface area contributed by atoms with Crippen molar-refractivity contribution in [2.24, 2.45) is 5.73 Å². The van der Waals surface area contributed by atoms with E-state index in [2.05, 4.69) is 4.98 Å². The van der Waals surface area contributed by atoms with Gasteiger partial charge >= 0.3 is 6.18 Å². The van der Waals surface area contributed by atoms with Crippen LogP contribution in [0, 0.1) is 11.3 Å². The fraction of sp³-hybridized carbons (Fsp3) is 0.333. The van der Waals surface area contributed by atoms with Crippen LogP contribution in [0.5, 0.6) is 0 Å². The van der Waals surface area contributed by atoms with Crippen molar-refractivity contribution in [3.8, 4) is 6.07 Å². The number of halogens is 3. The second-order valence-corrected chi connectivity index (χ2v) is 2.88. The maximum absolute atomic E-state index is 12.3. The van der Waals surface area contributed by atoms with E-state index in [0.717, 1.165) is 6.07 Å². The number of pyridine rings is 1. The molecule has 3 nitrogen and oxygen atoms in total. The monoisotopic (exact) mass is 215 g/mol. The summed E-state index contributed by atoms with van der Waals surface area (Å²) in [7, 11) is 0. The molecule has 1 aromatic heterocycles. The van der Waals surface area contributed by atoms with Gasteiger partial charge in [-0.3, -0.25) is 0 Å². The summed E-state index contributed by atoms with van der Waals surface area (Å²) in [5.74, 6) is 0. The van der Waals surface area contributed by atoms with E-state index in [1.54, 1.807) is 6.07 Å². The molecule has 0 fully saturated rings. The summed E-state index contributed by atoms with van der Waals surface area (Å²) in [4.78, 5) is 3.39. The predicted molar refractivity (Wildman–Crippen MR) is 46.7 cm³/mol. The number of alkyl halides is 3. The summed E-state index contributed by atoms with van der Waals surface area (Å²) in [5, 5.41) is 8.54. The largest absolute Gasteiger partial charge is 0.433 e. The van der Waals surface area contributed by atoms with Gasteiger partial charge in [-0.15, -0.1) is 0 Å². The van der Waals surface area contributed by atoms with E-state index in [0.29, 0.717) is 0 Å². The van der Waals surface area contributed by atoms with Crippen LogP contribution in [-0.2, 0) is 12.6 Å². The minimum atomic E-state index is -4.53. The molecule has 0 atom stereocenters. The van der Waals surface area contributed by atoms with Crippen LogP contribution < -0.4 is 5.73 Å². The fourth-order valence-electron chi connectivity index (χ4n) is 1.07. The Morgan fingerprint density at radius 3 is 2.53 bits per heavy atom. The maximum atomic E-state index is 12.3. The van der Waals surface area contributed by atoms with Crippen LogP contribution in [0.1, 0.15) is 17.0 Å². The van der Waals surface area contributed by atoms with Gasteiger partial charge in [0.1, 0.15) is 5.69 Å². The molecule has 0 saturated heterocycles. The molecule has 1 heterocycles. The zero-order valence-electron chi connectivity index (χ0n) is 7.67. The molecular weight excluding hydrogens is 207 g/mol. The minimum absolute atomic E-state index is 0.0548. The third-order valence-electron chi connectivity index (χ3n) is 1.70. The van der Waals surface area contributed by atoms with Crippen molar-refractivity contribution in [1.82, 2.24) is 4.98 Å². The molecule has 80 valence electrons. The number of hydrogen-bond acceptors (Lipinski definition) is 3. The van der Waals surface area contributed by atoms with Gasteiger partial charge in [0, 0.05) is 12.1 Å². The van der Waals surface area contributed by atoms with E-state index in [4.69, 9.17) is 11.0 Å². The molecule has 0 aliphatic heterocycles. The third-order valence-corrected chi connectivity index (χ3v) is 1.70. The van der Waals surface area contributed by atoms with E-state index in [-0.39, 0.29) is 24.2 Å². The first-order chi connectivity index (χ1) is 6.97. The van der Waals surface area contributed by atoms with Gasteiger partial charge in [0.15, 0.2) is 0 Å². The summed E-state index contributed by atoms with van der Waals surface area (Å²) in [5.41, 5.74) is 4.29. The van der Waals surface area contributed by atoms with Crippen molar-refractivity contribution in [3.05, 3.63) is 29.1 Å². The van der Waals surface area contributed by atoms with Gasteiger partial charge in [-0.05, 0) is 18.7 Å². The fourth-order valence-corrected chi connectivity index (χ4v) is 1.07. The van der Waals surface area contributed by atoms with Gasteiger partial charge in [-0.2, -0.15) is 18.4 Å². The average Bonchev–Trinajstić information content (AvgIpc) is 2.16. The van der Waals surface area contributed by atoms with Crippen LogP contribution in [0.2, 0.25) is 0 Å². The van der Waals surface area contributed by atoms with Gasteiger partial charge in [0.25, 0.3) is 0 Å². The third kappa shape index (κ3) is 2.92. The molecule has 1 rings (SSSR count). The summed E-state index contributed by atoms with van der Waals surface area (Å²) < 4.78 is 37.0. The molecule has 15 heavy (non-hydrogen) atoms. The number of nitrogens with zero attached hydrogens (tertiary/aromatic N) is 2. The van der Waals surface area contributed by atoms with Crippen LogP contribution in [-0.4, -0.2) is 11.5 Å². The van der Waals surface area contributed by atoms with Crippen molar-refractivity contribution in [2.75, 3.05) is 6.54 Å². The highest BCUT2D eigenvalue weighted by Gasteiger charge is 2.33. The summed E-state index contributed by atoms with van der Waals surface area (Å²) >= 11 is 0. The second kappa shape index (κ2) is 4.28. The van der Waals surface area contributed by atoms with Crippen molar-refractivity contribution in [2.45, 2.75) is 12.6 Å². The van der Waals surface area contributed by atoms with E-state index in [1.807, 2.05) is 0 Å². The molecular formula is C9H8F3N3. The molecule has 0 amide bonds. The zero-order chi connectivity index (χ0) is 11.5. The molecule has 0 radical (unpaired) electrons. The first kappa shape index (κ1) is 11.5. The Hall–Kier alpha value is -1.61. The van der Waals surface area contributed by atoms with Gasteiger partial charge in [0.2, 0.25) is 0 Å². The van der Waals surface area contributed by atoms with Crippen molar-refractivity contribution < 1.29 is 13.2 Å². The average molecular weight is 215 g/mol. The molecule has 6 heteroatoms. The van der Waals surface area contributed by atoms with Crippen LogP contribution in [0.25, 0.3) is 0 Å². The molecule has 0 aliphatic rings. The summed E-state index contributed by atoms with van der Waals surface area (Å²) in [6.07, 6.45) is -4.31. The summed E-state index contributed by atoms with van der Waals surface area (Å²) in [6.45, 7) is 0.194. The summed E-state index contributed by atoms with van der Waals surface area (Å²) in [6, 6.07) is 3.69. The quantitative estimate of drug-likeness (QED) is 0.812. The molecule has 0 spiro atoms. The molecule has 1 aromatic rings. The smallest absolute Gasteiger partial charge is 0.330 e. The normalized spacial score (nSPS) is 11.1. The molecule has 0 saturated carbocycles. The highest BCUT2D eigenvalue weighted by Crippen LogP contribution is 2.28. The molecule has 0 bridgehead atoms. The molecule has 0 aliphatic carbocycles. The number of hydrogen-bond donors (Lipinski definition) is 1. The lowest BCUT2D eigenvalue weighted by molar-refractivity contribution is -0.141. The highest BCUT2D eigenvalue weighted by molar-refractivity contribution is 5.33. The lowest BCUT2D eigenvalue weighted by Crippen LogP contribution is -2.12. The van der Waals surface area contributed by atoms with Gasteiger partial charge in [-0.1, -0.05) is 0 Å². The van der Waals surface area contributed by atoms with E-state index in [1.165, 1.54) is 6.07 Å². The van der Waals surface area contributed by atoms with Crippen LogP contribution in [0.3, 0.4) is 0 Å². The maximum Gasteiger partial charge on any atom is 0.433 e. The molecule has 0 aromatic carbocycles. The first-order valence-corrected chi connectivity index (χ1v) is 4.15. The standard InChI is InChI=1S/C9H8F3N3/c10-9(11,12)8-4-6(5-14)3-7(15-8)1-2-13/h3-4H,1-2,13H2. The van der Waals surface area contributed by atoms with Gasteiger partial charge in [0.05, 0.1) is 11.6 Å². The van der Waals surface area contributed by atoms with Crippen LogP contribution in [0.15, 0.2) is 12.1 Å². The second-order valence-electron chi connectivity index (χ2n) is 2.88. The Balaban J connectivity index is 3.19.